The van der Waals surface area contributed by atoms with Crippen LogP contribution in [-0.4, -0.2) is 54.4 Å². The highest BCUT2D eigenvalue weighted by Crippen LogP contribution is 2.24. The van der Waals surface area contributed by atoms with Crippen molar-refractivity contribution in [2.45, 2.75) is 38.2 Å². The number of hydrogen-bond acceptors (Lipinski definition) is 3. The number of nitrogens with zero attached hydrogens (tertiary/aromatic N) is 2. The van der Waals surface area contributed by atoms with Crippen LogP contribution < -0.4 is 0 Å². The Kier molecular flexibility index (Phi) is 6.32. The highest BCUT2D eigenvalue weighted by atomic mass is 35.5. The van der Waals surface area contributed by atoms with Crippen molar-refractivity contribution >= 4 is 23.4 Å². The van der Waals surface area contributed by atoms with Gasteiger partial charge in [0, 0.05) is 37.5 Å². The highest BCUT2D eigenvalue weighted by Gasteiger charge is 2.26. The molecule has 6 heteroatoms. The zero-order valence-electron chi connectivity index (χ0n) is 14.5. The minimum absolute atomic E-state index is 0.0966. The molecule has 0 unspecified atom stereocenters. The largest absolute Gasteiger partial charge is 0.370 e. The molecule has 1 aromatic rings. The van der Waals surface area contributed by atoms with Gasteiger partial charge in [0.15, 0.2) is 0 Å². The van der Waals surface area contributed by atoms with Crippen LogP contribution in [0.15, 0.2) is 24.3 Å². The molecule has 3 rings (SSSR count). The van der Waals surface area contributed by atoms with Gasteiger partial charge < -0.3 is 14.5 Å². The van der Waals surface area contributed by atoms with Crippen LogP contribution in [0.2, 0.25) is 5.02 Å². The van der Waals surface area contributed by atoms with Gasteiger partial charge >= 0.3 is 0 Å². The molecule has 0 N–H and O–H groups in total. The van der Waals surface area contributed by atoms with Crippen molar-refractivity contribution in [1.29, 1.82) is 0 Å². The topological polar surface area (TPSA) is 49.9 Å². The van der Waals surface area contributed by atoms with Crippen LogP contribution in [0.3, 0.4) is 0 Å². The molecule has 2 heterocycles. The first-order valence-electron chi connectivity index (χ1n) is 9.06. The van der Waals surface area contributed by atoms with Gasteiger partial charge in [0.25, 0.3) is 0 Å². The summed E-state index contributed by atoms with van der Waals surface area (Å²) in [5.41, 5.74) is 1.03. The summed E-state index contributed by atoms with van der Waals surface area (Å²) in [6.07, 6.45) is 3.99. The fraction of sp³-hybridized carbons (Fsp3) is 0.579. The van der Waals surface area contributed by atoms with Crippen LogP contribution in [-0.2, 0) is 14.3 Å². The lowest BCUT2D eigenvalue weighted by Crippen LogP contribution is -2.43. The molecule has 0 saturated carbocycles. The lowest BCUT2D eigenvalue weighted by Gasteiger charge is -2.33. The summed E-state index contributed by atoms with van der Waals surface area (Å²) < 4.78 is 5.81. The third-order valence-corrected chi connectivity index (χ3v) is 5.18. The number of carbonyl (C=O) groups excluding carboxylic acids is 2. The predicted octanol–water partition coefficient (Wildman–Crippen LogP) is 3.03. The average molecular weight is 365 g/mol. The van der Waals surface area contributed by atoms with Crippen LogP contribution >= 0.6 is 11.6 Å². The second-order valence-corrected chi connectivity index (χ2v) is 7.13. The number of carbonyl (C=O) groups is 2. The molecule has 0 bridgehead atoms. The van der Waals surface area contributed by atoms with Crippen LogP contribution in [0.4, 0.5) is 0 Å². The van der Waals surface area contributed by atoms with Crippen LogP contribution in [0.5, 0.6) is 0 Å². The Morgan fingerprint density at radius 3 is 2.76 bits per heavy atom. The maximum absolute atomic E-state index is 12.6. The quantitative estimate of drug-likeness (QED) is 0.825. The maximum atomic E-state index is 12.6. The molecular formula is C19H25ClN2O3. The minimum Gasteiger partial charge on any atom is -0.370 e. The van der Waals surface area contributed by atoms with Crippen molar-refractivity contribution in [2.24, 2.45) is 0 Å². The van der Waals surface area contributed by atoms with Crippen molar-refractivity contribution in [1.82, 2.24) is 9.80 Å². The number of morpholine rings is 1. The Labute approximate surface area is 153 Å². The third-order valence-electron chi connectivity index (χ3n) is 4.93. The first-order chi connectivity index (χ1) is 12.1. The van der Waals surface area contributed by atoms with E-state index in [0.717, 1.165) is 31.4 Å². The van der Waals surface area contributed by atoms with Crippen LogP contribution in [0.1, 0.15) is 43.8 Å². The van der Waals surface area contributed by atoms with Crippen molar-refractivity contribution in [3.05, 3.63) is 34.9 Å². The normalized spacial score (nSPS) is 22.0. The number of likely N-dealkylation sites (tertiary alicyclic amines) is 1. The van der Waals surface area contributed by atoms with E-state index in [9.17, 15) is 9.59 Å². The minimum atomic E-state index is -0.116. The smallest absolute Gasteiger partial charge is 0.224 e. The zero-order valence-corrected chi connectivity index (χ0v) is 15.2. The summed E-state index contributed by atoms with van der Waals surface area (Å²) in [7, 11) is 0. The van der Waals surface area contributed by atoms with E-state index in [1.54, 1.807) is 0 Å². The average Bonchev–Trinajstić information content (AvgIpc) is 2.84. The van der Waals surface area contributed by atoms with Gasteiger partial charge in [-0.2, -0.15) is 0 Å². The molecule has 136 valence electrons. The summed E-state index contributed by atoms with van der Waals surface area (Å²) in [5, 5.41) is 0.689. The fourth-order valence-corrected chi connectivity index (χ4v) is 3.54. The van der Waals surface area contributed by atoms with Gasteiger partial charge in [0.05, 0.1) is 13.2 Å². The van der Waals surface area contributed by atoms with Crippen LogP contribution in [0.25, 0.3) is 0 Å². The Morgan fingerprint density at radius 2 is 1.96 bits per heavy atom. The lowest BCUT2D eigenvalue weighted by molar-refractivity contribution is -0.140. The summed E-state index contributed by atoms with van der Waals surface area (Å²) >= 11 is 5.93. The van der Waals surface area contributed by atoms with E-state index in [4.69, 9.17) is 16.3 Å². The van der Waals surface area contributed by atoms with Gasteiger partial charge in [0.2, 0.25) is 11.8 Å². The molecule has 2 amide bonds. The van der Waals surface area contributed by atoms with Gasteiger partial charge in [-0.25, -0.2) is 0 Å². The van der Waals surface area contributed by atoms with Crippen LogP contribution in [0, 0.1) is 0 Å². The molecule has 2 fully saturated rings. The Bertz CT molecular complexity index is 605. The van der Waals surface area contributed by atoms with E-state index in [0.29, 0.717) is 44.1 Å². The second-order valence-electron chi connectivity index (χ2n) is 6.69. The Balaban J connectivity index is 1.53. The Morgan fingerprint density at radius 1 is 1.16 bits per heavy atom. The summed E-state index contributed by atoms with van der Waals surface area (Å²) in [6.45, 7) is 3.00. The number of benzene rings is 1. The van der Waals surface area contributed by atoms with Crippen molar-refractivity contribution in [3.63, 3.8) is 0 Å². The monoisotopic (exact) mass is 364 g/mol. The summed E-state index contributed by atoms with van der Waals surface area (Å²) in [4.78, 5) is 28.3. The molecule has 1 aromatic carbocycles. The van der Waals surface area contributed by atoms with E-state index < -0.39 is 0 Å². The van der Waals surface area contributed by atoms with E-state index in [1.807, 2.05) is 34.1 Å². The number of hydrogen-bond donors (Lipinski definition) is 0. The van der Waals surface area contributed by atoms with E-state index >= 15 is 0 Å². The molecule has 2 saturated heterocycles. The van der Waals surface area contributed by atoms with E-state index in [2.05, 4.69) is 0 Å². The highest BCUT2D eigenvalue weighted by molar-refractivity contribution is 6.30. The molecule has 0 radical (unpaired) electrons. The molecule has 25 heavy (non-hydrogen) atoms. The third kappa shape index (κ3) is 4.95. The zero-order chi connectivity index (χ0) is 17.6. The Hall–Kier alpha value is -1.59. The van der Waals surface area contributed by atoms with E-state index in [1.165, 1.54) is 0 Å². The lowest BCUT2D eigenvalue weighted by atomic mass is 10.1. The number of rotatable bonds is 4. The van der Waals surface area contributed by atoms with Crippen molar-refractivity contribution in [2.75, 3.05) is 32.8 Å². The predicted molar refractivity (Wildman–Crippen MR) is 96.4 cm³/mol. The SMILES string of the molecule is O=C1CCCCCN1CCC(=O)N1CCO[C@H](c2ccc(Cl)cc2)C1. The molecule has 0 aromatic heterocycles. The van der Waals surface area contributed by atoms with Crippen molar-refractivity contribution in [3.8, 4) is 0 Å². The molecule has 2 aliphatic rings. The number of amides is 2. The van der Waals surface area contributed by atoms with Gasteiger partial charge in [-0.05, 0) is 30.5 Å². The molecule has 1 atom stereocenters. The molecule has 5 nitrogen and oxygen atoms in total. The van der Waals surface area contributed by atoms with Gasteiger partial charge in [-0.3, -0.25) is 9.59 Å². The number of halogens is 1. The molecular weight excluding hydrogens is 340 g/mol. The summed E-state index contributed by atoms with van der Waals surface area (Å²) in [5.74, 6) is 0.283. The van der Waals surface area contributed by atoms with Gasteiger partial charge in [0.1, 0.15) is 6.10 Å². The second kappa shape index (κ2) is 8.68. The summed E-state index contributed by atoms with van der Waals surface area (Å²) in [6, 6.07) is 7.56. The molecule has 0 aliphatic carbocycles. The van der Waals surface area contributed by atoms with Gasteiger partial charge in [-0.1, -0.05) is 30.2 Å². The first-order valence-corrected chi connectivity index (χ1v) is 9.44. The molecule has 2 aliphatic heterocycles. The standard InChI is InChI=1S/C19H25ClN2O3/c20-16-7-5-15(6-8-16)17-14-22(12-13-25-17)19(24)9-11-21-10-3-1-2-4-18(21)23/h5-8,17H,1-4,9-14H2/t17-/m0/s1. The number of ether oxygens (including phenoxy) is 1. The molecule has 0 spiro atoms. The first kappa shape index (κ1) is 18.2. The van der Waals surface area contributed by atoms with E-state index in [-0.39, 0.29) is 17.9 Å². The maximum Gasteiger partial charge on any atom is 0.224 e. The fourth-order valence-electron chi connectivity index (χ4n) is 3.42. The van der Waals surface area contributed by atoms with Crippen molar-refractivity contribution < 1.29 is 14.3 Å². The van der Waals surface area contributed by atoms with Gasteiger partial charge in [-0.15, -0.1) is 0 Å².